The molecule has 12 heavy (non-hydrogen) atoms. The van der Waals surface area contributed by atoms with Crippen molar-refractivity contribution in [3.8, 4) is 0 Å². The molecule has 0 rings (SSSR count). The van der Waals surface area contributed by atoms with Crippen LogP contribution < -0.4 is 5.32 Å². The molecule has 0 aliphatic rings. The summed E-state index contributed by atoms with van der Waals surface area (Å²) in [5.41, 5.74) is 1.04. The van der Waals surface area contributed by atoms with Crippen LogP contribution in [0.4, 0.5) is 0 Å². The summed E-state index contributed by atoms with van der Waals surface area (Å²) >= 11 is 3.19. The van der Waals surface area contributed by atoms with Gasteiger partial charge in [-0.15, -0.1) is 0 Å². The first-order valence-electron chi connectivity index (χ1n) is 3.65. The van der Waals surface area contributed by atoms with Crippen molar-refractivity contribution in [1.29, 1.82) is 0 Å². The Morgan fingerprint density at radius 3 is 2.75 bits per heavy atom. The molecule has 1 unspecified atom stereocenters. The van der Waals surface area contributed by atoms with E-state index in [1.54, 1.807) is 0 Å². The molecular weight excluding hydrogens is 222 g/mol. The summed E-state index contributed by atoms with van der Waals surface area (Å²) < 4.78 is 4.52. The van der Waals surface area contributed by atoms with Crippen LogP contribution in [0.25, 0.3) is 0 Å². The van der Waals surface area contributed by atoms with Crippen molar-refractivity contribution in [1.82, 2.24) is 5.32 Å². The summed E-state index contributed by atoms with van der Waals surface area (Å²) in [7, 11) is 1.37. The van der Waals surface area contributed by atoms with E-state index in [9.17, 15) is 4.79 Å². The van der Waals surface area contributed by atoms with Gasteiger partial charge in [0.25, 0.3) is 0 Å². The maximum absolute atomic E-state index is 10.9. The molecule has 0 aromatic rings. The van der Waals surface area contributed by atoms with E-state index in [-0.39, 0.29) is 10.8 Å². The molecule has 1 atom stereocenters. The summed E-state index contributed by atoms with van der Waals surface area (Å²) in [5.74, 6) is -0.260. The average Bonchev–Trinajstić information content (AvgIpc) is 2.02. The Hall–Kier alpha value is -0.350. The molecule has 0 bridgehead atoms. The van der Waals surface area contributed by atoms with Crippen molar-refractivity contribution in [2.24, 2.45) is 0 Å². The van der Waals surface area contributed by atoms with Crippen LogP contribution in [-0.4, -0.2) is 31.0 Å². The Bertz CT molecular complexity index is 170. The fourth-order valence-electron chi connectivity index (χ4n) is 0.623. The van der Waals surface area contributed by atoms with Crippen molar-refractivity contribution in [2.75, 3.05) is 20.2 Å². The van der Waals surface area contributed by atoms with Crippen LogP contribution in [0.1, 0.15) is 6.92 Å². The number of hydrogen-bond acceptors (Lipinski definition) is 3. The molecule has 4 heteroatoms. The number of halogens is 1. The van der Waals surface area contributed by atoms with E-state index in [1.807, 2.05) is 6.92 Å². The Labute approximate surface area is 81.3 Å². The molecule has 0 saturated heterocycles. The van der Waals surface area contributed by atoms with E-state index in [0.29, 0.717) is 6.54 Å². The Morgan fingerprint density at radius 1 is 1.75 bits per heavy atom. The molecule has 0 aromatic carbocycles. The Balaban J connectivity index is 3.50. The van der Waals surface area contributed by atoms with Crippen LogP contribution in [0.15, 0.2) is 12.2 Å². The van der Waals surface area contributed by atoms with E-state index in [0.717, 1.165) is 12.1 Å². The summed E-state index contributed by atoms with van der Waals surface area (Å²) in [6.45, 7) is 6.92. The molecule has 3 nitrogen and oxygen atoms in total. The zero-order valence-corrected chi connectivity index (χ0v) is 8.98. The Kier molecular flexibility index (Phi) is 6.02. The van der Waals surface area contributed by atoms with Gasteiger partial charge >= 0.3 is 5.97 Å². The largest absolute Gasteiger partial charge is 0.468 e. The molecule has 0 aliphatic heterocycles. The molecule has 0 radical (unpaired) electrons. The highest BCUT2D eigenvalue weighted by atomic mass is 79.9. The third-order valence-corrected chi connectivity index (χ3v) is 1.90. The van der Waals surface area contributed by atoms with Gasteiger partial charge in [-0.3, -0.25) is 4.79 Å². The normalized spacial score (nSPS) is 12.2. The number of rotatable bonds is 5. The first kappa shape index (κ1) is 11.6. The molecular formula is C8H14BrNO2. The number of methoxy groups -OCH3 is 1. The molecule has 0 saturated carbocycles. The Morgan fingerprint density at radius 2 is 2.33 bits per heavy atom. The van der Waals surface area contributed by atoms with E-state index >= 15 is 0 Å². The lowest BCUT2D eigenvalue weighted by Gasteiger charge is -2.08. The number of carbonyl (C=O) groups is 1. The standard InChI is InChI=1S/C8H14BrNO2/c1-6(2)4-10-5-7(9)8(11)12-3/h7,10H,1,4-5H2,2-3H3. The van der Waals surface area contributed by atoms with Crippen LogP contribution in [0.5, 0.6) is 0 Å². The highest BCUT2D eigenvalue weighted by Gasteiger charge is 2.13. The van der Waals surface area contributed by atoms with E-state index < -0.39 is 0 Å². The predicted octanol–water partition coefficient (Wildman–Crippen LogP) is 1.09. The third-order valence-electron chi connectivity index (χ3n) is 1.21. The van der Waals surface area contributed by atoms with E-state index in [1.165, 1.54) is 7.11 Å². The monoisotopic (exact) mass is 235 g/mol. The van der Waals surface area contributed by atoms with Crippen LogP contribution in [0.2, 0.25) is 0 Å². The van der Waals surface area contributed by atoms with Gasteiger partial charge < -0.3 is 10.1 Å². The minimum atomic E-state index is -0.276. The zero-order chi connectivity index (χ0) is 9.56. The zero-order valence-electron chi connectivity index (χ0n) is 7.39. The lowest BCUT2D eigenvalue weighted by atomic mass is 10.3. The van der Waals surface area contributed by atoms with Crippen molar-refractivity contribution in [3.63, 3.8) is 0 Å². The first-order valence-corrected chi connectivity index (χ1v) is 4.56. The number of hydrogen-bond donors (Lipinski definition) is 1. The number of alkyl halides is 1. The fourth-order valence-corrected chi connectivity index (χ4v) is 1.04. The van der Waals surface area contributed by atoms with Gasteiger partial charge in [0.2, 0.25) is 0 Å². The summed E-state index contributed by atoms with van der Waals surface area (Å²) in [6.07, 6.45) is 0. The number of nitrogens with one attached hydrogen (secondary N) is 1. The SMILES string of the molecule is C=C(C)CNCC(Br)C(=O)OC. The summed E-state index contributed by atoms with van der Waals surface area (Å²) in [5, 5.41) is 3.05. The molecule has 0 amide bonds. The van der Waals surface area contributed by atoms with Crippen molar-refractivity contribution >= 4 is 21.9 Å². The minimum Gasteiger partial charge on any atom is -0.468 e. The summed E-state index contributed by atoms with van der Waals surface area (Å²) in [6, 6.07) is 0. The molecule has 70 valence electrons. The molecule has 0 spiro atoms. The second kappa shape index (κ2) is 6.20. The highest BCUT2D eigenvalue weighted by molar-refractivity contribution is 9.10. The van der Waals surface area contributed by atoms with Crippen molar-refractivity contribution in [2.45, 2.75) is 11.8 Å². The predicted molar refractivity (Wildman–Crippen MR) is 52.4 cm³/mol. The second-order valence-electron chi connectivity index (χ2n) is 2.58. The lowest BCUT2D eigenvalue weighted by Crippen LogP contribution is -2.30. The number of ether oxygens (including phenoxy) is 1. The minimum absolute atomic E-state index is 0.260. The van der Waals surface area contributed by atoms with Gasteiger partial charge in [0.05, 0.1) is 7.11 Å². The molecule has 0 aliphatic carbocycles. The quantitative estimate of drug-likeness (QED) is 0.441. The van der Waals surface area contributed by atoms with Crippen LogP contribution in [0, 0.1) is 0 Å². The molecule has 0 fully saturated rings. The van der Waals surface area contributed by atoms with Gasteiger partial charge in [0.15, 0.2) is 0 Å². The molecule has 0 heterocycles. The average molecular weight is 236 g/mol. The lowest BCUT2D eigenvalue weighted by molar-refractivity contribution is -0.139. The fraction of sp³-hybridized carbons (Fsp3) is 0.625. The summed E-state index contributed by atoms with van der Waals surface area (Å²) in [4.78, 5) is 10.6. The third kappa shape index (κ3) is 5.32. The van der Waals surface area contributed by atoms with Gasteiger partial charge in [-0.1, -0.05) is 28.1 Å². The first-order chi connectivity index (χ1) is 5.57. The number of carbonyl (C=O) groups excluding carboxylic acids is 1. The van der Waals surface area contributed by atoms with Gasteiger partial charge in [0.1, 0.15) is 4.83 Å². The van der Waals surface area contributed by atoms with E-state index in [2.05, 4.69) is 32.6 Å². The smallest absolute Gasteiger partial charge is 0.320 e. The van der Waals surface area contributed by atoms with Gasteiger partial charge in [-0.2, -0.15) is 0 Å². The maximum atomic E-state index is 10.9. The number of esters is 1. The van der Waals surface area contributed by atoms with Gasteiger partial charge in [0, 0.05) is 13.1 Å². The second-order valence-corrected chi connectivity index (χ2v) is 3.68. The van der Waals surface area contributed by atoms with Gasteiger partial charge in [-0.25, -0.2) is 0 Å². The van der Waals surface area contributed by atoms with Crippen molar-refractivity contribution in [3.05, 3.63) is 12.2 Å². The maximum Gasteiger partial charge on any atom is 0.320 e. The highest BCUT2D eigenvalue weighted by Crippen LogP contribution is 1.99. The molecule has 1 N–H and O–H groups in total. The van der Waals surface area contributed by atoms with Crippen molar-refractivity contribution < 1.29 is 9.53 Å². The van der Waals surface area contributed by atoms with E-state index in [4.69, 9.17) is 0 Å². The topological polar surface area (TPSA) is 38.3 Å². The van der Waals surface area contributed by atoms with Crippen LogP contribution in [-0.2, 0) is 9.53 Å². The van der Waals surface area contributed by atoms with Crippen LogP contribution >= 0.6 is 15.9 Å². The van der Waals surface area contributed by atoms with Crippen LogP contribution in [0.3, 0.4) is 0 Å². The van der Waals surface area contributed by atoms with Gasteiger partial charge in [-0.05, 0) is 6.92 Å². The molecule has 0 aromatic heterocycles.